The lowest BCUT2D eigenvalue weighted by atomic mass is 9.73. The average Bonchev–Trinajstić information content (AvgIpc) is 3.32. The van der Waals surface area contributed by atoms with Crippen LogP contribution in [0.5, 0.6) is 0 Å². The van der Waals surface area contributed by atoms with Crippen LogP contribution in [0, 0.1) is 0 Å². The Labute approximate surface area is 254 Å². The molecule has 1 aromatic heterocycles. The molecule has 5 rings (SSSR count). The normalized spacial score (nSPS) is 16.1. The summed E-state index contributed by atoms with van der Waals surface area (Å²) in [5, 5.41) is 5.18. The highest BCUT2D eigenvalue weighted by molar-refractivity contribution is 6.05. The smallest absolute Gasteiger partial charge is 0.405 e. The molecule has 1 aliphatic heterocycles. The molecule has 1 saturated heterocycles. The SMILES string of the molecule is COC(=O)c1ccncc1C(=O)NC1CCN(CCCCC2(C(=O)NCC(F)(F)F)c3ccccc3-c3ccccc32)CC1. The van der Waals surface area contributed by atoms with Crippen molar-refractivity contribution in [2.45, 2.75) is 49.7 Å². The molecule has 3 aromatic rings. The molecule has 1 aliphatic carbocycles. The predicted molar refractivity (Wildman–Crippen MR) is 158 cm³/mol. The largest absolute Gasteiger partial charge is 0.465 e. The van der Waals surface area contributed by atoms with Crippen molar-refractivity contribution >= 4 is 17.8 Å². The number of aromatic nitrogens is 1. The van der Waals surface area contributed by atoms with Crippen molar-refractivity contribution in [3.63, 3.8) is 0 Å². The first-order chi connectivity index (χ1) is 21.1. The second-order valence-corrected chi connectivity index (χ2v) is 11.3. The number of carbonyl (C=O) groups is 3. The molecule has 0 atom stereocenters. The third-order valence-electron chi connectivity index (χ3n) is 8.57. The van der Waals surface area contributed by atoms with E-state index in [1.165, 1.54) is 25.6 Å². The molecule has 8 nitrogen and oxygen atoms in total. The lowest BCUT2D eigenvalue weighted by molar-refractivity contribution is -0.141. The summed E-state index contributed by atoms with van der Waals surface area (Å²) < 4.78 is 44.1. The molecule has 0 unspecified atom stereocenters. The molecule has 0 saturated carbocycles. The van der Waals surface area contributed by atoms with Gasteiger partial charge in [-0.05, 0) is 60.5 Å². The maximum atomic E-state index is 13.7. The third kappa shape index (κ3) is 6.47. The molecule has 2 aliphatic rings. The first-order valence-electron chi connectivity index (χ1n) is 14.7. The molecule has 44 heavy (non-hydrogen) atoms. The van der Waals surface area contributed by atoms with E-state index < -0.39 is 30.0 Å². The van der Waals surface area contributed by atoms with E-state index in [1.54, 1.807) is 0 Å². The fourth-order valence-electron chi connectivity index (χ4n) is 6.44. The van der Waals surface area contributed by atoms with Crippen LogP contribution in [0.1, 0.15) is 63.9 Å². The topological polar surface area (TPSA) is 101 Å². The third-order valence-corrected chi connectivity index (χ3v) is 8.57. The van der Waals surface area contributed by atoms with E-state index >= 15 is 0 Å². The van der Waals surface area contributed by atoms with Crippen LogP contribution >= 0.6 is 0 Å². The number of esters is 1. The number of fused-ring (bicyclic) bond motifs is 3. The number of hydrogen-bond acceptors (Lipinski definition) is 6. The van der Waals surface area contributed by atoms with E-state index in [1.807, 2.05) is 48.5 Å². The van der Waals surface area contributed by atoms with Gasteiger partial charge in [-0.25, -0.2) is 4.79 Å². The van der Waals surface area contributed by atoms with Gasteiger partial charge in [-0.1, -0.05) is 55.0 Å². The lowest BCUT2D eigenvalue weighted by Crippen LogP contribution is -2.47. The van der Waals surface area contributed by atoms with Gasteiger partial charge < -0.3 is 20.3 Å². The number of piperidine rings is 1. The van der Waals surface area contributed by atoms with Crippen molar-refractivity contribution in [3.05, 3.63) is 89.2 Å². The maximum Gasteiger partial charge on any atom is 0.405 e. The van der Waals surface area contributed by atoms with Crippen LogP contribution in [0.2, 0.25) is 0 Å². The molecule has 2 heterocycles. The van der Waals surface area contributed by atoms with Crippen molar-refractivity contribution in [3.8, 4) is 11.1 Å². The molecule has 0 spiro atoms. The predicted octanol–water partition coefficient (Wildman–Crippen LogP) is 4.88. The number of benzene rings is 2. The Hall–Kier alpha value is -4.25. The van der Waals surface area contributed by atoms with Gasteiger partial charge in [0.2, 0.25) is 5.91 Å². The first-order valence-corrected chi connectivity index (χ1v) is 14.7. The number of likely N-dealkylation sites (tertiary alicyclic amines) is 1. The Morgan fingerprint density at radius 2 is 1.59 bits per heavy atom. The highest BCUT2D eigenvalue weighted by atomic mass is 19.4. The van der Waals surface area contributed by atoms with Gasteiger partial charge in [0, 0.05) is 31.5 Å². The van der Waals surface area contributed by atoms with Crippen LogP contribution in [-0.2, 0) is 14.9 Å². The summed E-state index contributed by atoms with van der Waals surface area (Å²) in [5.74, 6) is -1.60. The minimum atomic E-state index is -4.51. The standard InChI is InChI=1S/C33H35F3N4O4/c1-44-30(42)25-12-16-37-20-26(25)29(41)39-22-13-18-40(19-14-22)17-7-6-15-32(31(43)38-21-33(34,35)36)27-10-4-2-8-23(27)24-9-3-5-11-28(24)32/h2-5,8-12,16,20,22H,6-7,13-15,17-19,21H2,1H3,(H,38,43)(H,39,41). The maximum absolute atomic E-state index is 13.7. The van der Waals surface area contributed by atoms with Gasteiger partial charge in [0.1, 0.15) is 12.0 Å². The van der Waals surface area contributed by atoms with Gasteiger partial charge in [-0.15, -0.1) is 0 Å². The van der Waals surface area contributed by atoms with Gasteiger partial charge >= 0.3 is 12.1 Å². The summed E-state index contributed by atoms with van der Waals surface area (Å²) in [7, 11) is 1.26. The monoisotopic (exact) mass is 608 g/mol. The Bertz CT molecular complexity index is 1470. The summed E-state index contributed by atoms with van der Waals surface area (Å²) in [6.07, 6.45) is 1.50. The van der Waals surface area contributed by atoms with E-state index in [2.05, 4.69) is 20.5 Å². The van der Waals surface area contributed by atoms with Gasteiger partial charge in [0.05, 0.1) is 18.2 Å². The number of alkyl halides is 3. The summed E-state index contributed by atoms with van der Waals surface area (Å²) >= 11 is 0. The highest BCUT2D eigenvalue weighted by Gasteiger charge is 2.49. The molecule has 2 N–H and O–H groups in total. The lowest BCUT2D eigenvalue weighted by Gasteiger charge is -2.33. The zero-order valence-corrected chi connectivity index (χ0v) is 24.5. The van der Waals surface area contributed by atoms with Gasteiger partial charge in [-0.2, -0.15) is 13.2 Å². The number of amides is 2. The molecule has 1 fully saturated rings. The minimum absolute atomic E-state index is 0.0588. The number of methoxy groups -OCH3 is 1. The molecule has 232 valence electrons. The van der Waals surface area contributed by atoms with Crippen molar-refractivity contribution in [2.75, 3.05) is 33.3 Å². The Balaban J connectivity index is 1.19. The van der Waals surface area contributed by atoms with E-state index in [0.717, 1.165) is 61.2 Å². The zero-order chi connectivity index (χ0) is 31.3. The number of nitrogens with one attached hydrogen (secondary N) is 2. The van der Waals surface area contributed by atoms with Gasteiger partial charge in [-0.3, -0.25) is 14.6 Å². The number of ether oxygens (including phenoxy) is 1. The van der Waals surface area contributed by atoms with E-state index in [4.69, 9.17) is 4.74 Å². The number of unbranched alkanes of at least 4 members (excludes halogenated alkanes) is 1. The molecule has 2 amide bonds. The fraction of sp³-hybridized carbons (Fsp3) is 0.394. The van der Waals surface area contributed by atoms with Gasteiger partial charge in [0.25, 0.3) is 5.91 Å². The molecule has 11 heteroatoms. The fourth-order valence-corrected chi connectivity index (χ4v) is 6.44. The van der Waals surface area contributed by atoms with Crippen LogP contribution in [0.25, 0.3) is 11.1 Å². The van der Waals surface area contributed by atoms with Crippen molar-refractivity contribution in [1.82, 2.24) is 20.5 Å². The van der Waals surface area contributed by atoms with Crippen LogP contribution in [0.3, 0.4) is 0 Å². The molecule has 2 aromatic carbocycles. The highest BCUT2D eigenvalue weighted by Crippen LogP contribution is 2.51. The Kier molecular flexibility index (Phi) is 9.33. The van der Waals surface area contributed by atoms with Crippen molar-refractivity contribution in [2.24, 2.45) is 0 Å². The summed E-state index contributed by atoms with van der Waals surface area (Å²) in [5.41, 5.74) is 2.35. The summed E-state index contributed by atoms with van der Waals surface area (Å²) in [6.45, 7) is 0.892. The van der Waals surface area contributed by atoms with E-state index in [9.17, 15) is 27.6 Å². The molecule has 0 bridgehead atoms. The first kappa shape index (κ1) is 31.2. The Morgan fingerprint density at radius 1 is 0.955 bits per heavy atom. The van der Waals surface area contributed by atoms with Gasteiger partial charge in [0.15, 0.2) is 0 Å². The van der Waals surface area contributed by atoms with Crippen LogP contribution in [0.4, 0.5) is 13.2 Å². The van der Waals surface area contributed by atoms with Crippen LogP contribution < -0.4 is 10.6 Å². The second-order valence-electron chi connectivity index (χ2n) is 11.3. The number of hydrogen-bond donors (Lipinski definition) is 2. The van der Waals surface area contributed by atoms with Crippen molar-refractivity contribution in [1.29, 1.82) is 0 Å². The van der Waals surface area contributed by atoms with Crippen molar-refractivity contribution < 1.29 is 32.3 Å². The quantitative estimate of drug-likeness (QED) is 0.252. The number of carbonyl (C=O) groups excluding carboxylic acids is 3. The number of halogens is 3. The molecular formula is C33H35F3N4O4. The van der Waals surface area contributed by atoms with E-state index in [0.29, 0.717) is 12.8 Å². The Morgan fingerprint density at radius 3 is 2.20 bits per heavy atom. The zero-order valence-electron chi connectivity index (χ0n) is 24.5. The summed E-state index contributed by atoms with van der Waals surface area (Å²) in [6, 6.07) is 16.3. The molecule has 0 radical (unpaired) electrons. The van der Waals surface area contributed by atoms with E-state index in [-0.39, 0.29) is 23.1 Å². The number of rotatable bonds is 10. The number of nitrogens with zero attached hydrogens (tertiary/aromatic N) is 2. The van der Waals surface area contributed by atoms with Crippen LogP contribution in [-0.4, -0.2) is 73.2 Å². The van der Waals surface area contributed by atoms with Crippen LogP contribution in [0.15, 0.2) is 67.0 Å². The molecular weight excluding hydrogens is 573 g/mol. The second kappa shape index (κ2) is 13.2. The minimum Gasteiger partial charge on any atom is -0.465 e. The summed E-state index contributed by atoms with van der Waals surface area (Å²) in [4.78, 5) is 44.8. The average molecular weight is 609 g/mol. The number of pyridine rings is 1.